The van der Waals surface area contributed by atoms with Crippen LogP contribution in [-0.2, 0) is 24.6 Å². The number of imide groups is 2. The first kappa shape index (κ1) is 35.3. The molecule has 8 rings (SSSR count). The monoisotopic (exact) mass is 853 g/mol. The summed E-state index contributed by atoms with van der Waals surface area (Å²) in [5.74, 6) is -5.64. The second kappa shape index (κ2) is 13.3. The molecule has 13 heteroatoms. The molecule has 5 aliphatic rings. The number of amides is 4. The number of nitrogens with one attached hydrogen (secondary N) is 1. The lowest BCUT2D eigenvalue weighted by Gasteiger charge is -2.51. The number of likely N-dealkylation sites (tertiary alicyclic amines) is 1. The molecule has 0 bridgehead atoms. The van der Waals surface area contributed by atoms with Crippen LogP contribution >= 0.6 is 43.5 Å². The Labute approximate surface area is 321 Å². The highest BCUT2D eigenvalue weighted by Crippen LogP contribution is 2.65. The molecule has 270 valence electrons. The third-order valence-electron chi connectivity index (χ3n) is 11.9. The second-order valence-electron chi connectivity index (χ2n) is 14.4. The van der Waals surface area contributed by atoms with E-state index >= 15 is 4.79 Å². The molecule has 4 amide bonds. The number of ether oxygens (including phenoxy) is 1. The van der Waals surface area contributed by atoms with E-state index in [9.17, 15) is 23.9 Å². The van der Waals surface area contributed by atoms with E-state index in [0.29, 0.717) is 32.7 Å². The van der Waals surface area contributed by atoms with Crippen LogP contribution in [0.1, 0.15) is 62.0 Å². The van der Waals surface area contributed by atoms with Crippen molar-refractivity contribution in [3.8, 4) is 11.5 Å². The number of hydrogen-bond donors (Lipinski definition) is 2. The van der Waals surface area contributed by atoms with E-state index in [2.05, 4.69) is 37.3 Å². The van der Waals surface area contributed by atoms with Gasteiger partial charge in [-0.1, -0.05) is 54.6 Å². The van der Waals surface area contributed by atoms with Crippen LogP contribution < -0.4 is 10.2 Å². The molecule has 2 saturated carbocycles. The number of carbonyl (C=O) groups excluding carboxylic acids is 4. The van der Waals surface area contributed by atoms with Gasteiger partial charge in [0, 0.05) is 21.5 Å². The number of rotatable bonds is 6. The molecule has 3 aromatic rings. The van der Waals surface area contributed by atoms with Gasteiger partial charge in [0.1, 0.15) is 5.82 Å². The van der Waals surface area contributed by atoms with Crippen LogP contribution in [0, 0.1) is 29.5 Å². The molecule has 3 aliphatic carbocycles. The molecule has 0 spiro atoms. The van der Waals surface area contributed by atoms with E-state index in [1.807, 2.05) is 6.08 Å². The molecular formula is C39H35Br2ClFN3O6. The SMILES string of the molecule is COc1cc([C@H]2C3=CC[C@@H]4C(=O)N(C5CCCCC5)C(=O)[C@@H]4[C@@H]3C[C@H]3C(=O)N(Nc4ccc(F)cc4)C(=O)[C@@]23c2ccc(Cl)cc2)c(Br)c(Br)c1O. The normalized spacial score (nSPS) is 28.8. The van der Waals surface area contributed by atoms with E-state index in [0.717, 1.165) is 42.7 Å². The van der Waals surface area contributed by atoms with Gasteiger partial charge in [0.25, 0.3) is 11.8 Å². The molecule has 6 atom stereocenters. The number of phenols is 1. The largest absolute Gasteiger partial charge is 0.503 e. The lowest BCUT2D eigenvalue weighted by atomic mass is 9.49. The zero-order valence-electron chi connectivity index (χ0n) is 28.1. The fraction of sp³-hybridized carbons (Fsp3) is 0.385. The van der Waals surface area contributed by atoms with Gasteiger partial charge in [-0.3, -0.25) is 29.5 Å². The fourth-order valence-corrected chi connectivity index (χ4v) is 10.8. The molecular weight excluding hydrogens is 821 g/mol. The molecule has 3 aromatic carbocycles. The van der Waals surface area contributed by atoms with Crippen molar-refractivity contribution in [2.45, 2.75) is 62.3 Å². The number of hydrazine groups is 1. The second-order valence-corrected chi connectivity index (χ2v) is 16.4. The van der Waals surface area contributed by atoms with Crippen molar-refractivity contribution in [2.75, 3.05) is 12.5 Å². The van der Waals surface area contributed by atoms with Gasteiger partial charge in [-0.05, 0) is 117 Å². The van der Waals surface area contributed by atoms with Gasteiger partial charge < -0.3 is 9.84 Å². The first-order valence-electron chi connectivity index (χ1n) is 17.5. The molecule has 2 N–H and O–H groups in total. The van der Waals surface area contributed by atoms with Crippen LogP contribution in [0.25, 0.3) is 0 Å². The van der Waals surface area contributed by atoms with Gasteiger partial charge in [-0.2, -0.15) is 5.01 Å². The summed E-state index contributed by atoms with van der Waals surface area (Å²) >= 11 is 13.6. The number of aromatic hydroxyl groups is 1. The van der Waals surface area contributed by atoms with Gasteiger partial charge in [0.2, 0.25) is 11.8 Å². The summed E-state index contributed by atoms with van der Waals surface area (Å²) in [7, 11) is 1.42. The summed E-state index contributed by atoms with van der Waals surface area (Å²) in [6, 6.07) is 13.7. The summed E-state index contributed by atoms with van der Waals surface area (Å²) in [4.78, 5) is 60.4. The Bertz CT molecular complexity index is 2040. The van der Waals surface area contributed by atoms with Crippen LogP contribution in [0.15, 0.2) is 75.2 Å². The Hall–Kier alpha value is -3.74. The molecule has 52 heavy (non-hydrogen) atoms. The maximum Gasteiger partial charge on any atom is 0.260 e. The van der Waals surface area contributed by atoms with E-state index in [4.69, 9.17) is 16.3 Å². The van der Waals surface area contributed by atoms with Crippen LogP contribution in [0.3, 0.4) is 0 Å². The minimum absolute atomic E-state index is 0.129. The molecule has 0 unspecified atom stereocenters. The Morgan fingerprint density at radius 1 is 0.923 bits per heavy atom. The minimum Gasteiger partial charge on any atom is -0.503 e. The predicted octanol–water partition coefficient (Wildman–Crippen LogP) is 8.04. The maximum atomic E-state index is 15.4. The van der Waals surface area contributed by atoms with Crippen molar-refractivity contribution in [3.63, 3.8) is 0 Å². The molecule has 2 heterocycles. The van der Waals surface area contributed by atoms with Gasteiger partial charge in [-0.15, -0.1) is 0 Å². The number of nitrogens with zero attached hydrogens (tertiary/aromatic N) is 2. The Morgan fingerprint density at radius 2 is 1.62 bits per heavy atom. The average Bonchev–Trinajstić information content (AvgIpc) is 3.53. The Kier molecular flexibility index (Phi) is 9.02. The number of methoxy groups -OCH3 is 1. The number of fused-ring (bicyclic) bond motifs is 4. The molecule has 0 aromatic heterocycles. The summed E-state index contributed by atoms with van der Waals surface area (Å²) < 4.78 is 20.2. The molecule has 2 aliphatic heterocycles. The minimum atomic E-state index is -1.58. The lowest BCUT2D eigenvalue weighted by molar-refractivity contribution is -0.144. The highest BCUT2D eigenvalue weighted by atomic mass is 79.9. The third kappa shape index (κ3) is 5.18. The highest BCUT2D eigenvalue weighted by molar-refractivity contribution is 9.13. The summed E-state index contributed by atoms with van der Waals surface area (Å²) in [6.07, 6.45) is 6.96. The fourth-order valence-electron chi connectivity index (χ4n) is 9.70. The smallest absolute Gasteiger partial charge is 0.260 e. The lowest BCUT2D eigenvalue weighted by Crippen LogP contribution is -2.53. The first-order valence-corrected chi connectivity index (χ1v) is 19.4. The van der Waals surface area contributed by atoms with Crippen molar-refractivity contribution < 1.29 is 33.4 Å². The summed E-state index contributed by atoms with van der Waals surface area (Å²) in [5.41, 5.74) is 3.55. The number of phenolic OH excluding ortho intramolecular Hbond substituents is 1. The van der Waals surface area contributed by atoms with E-state index < -0.39 is 52.6 Å². The highest BCUT2D eigenvalue weighted by Gasteiger charge is 2.70. The topological polar surface area (TPSA) is 116 Å². The van der Waals surface area contributed by atoms with Crippen molar-refractivity contribution >= 4 is 72.8 Å². The van der Waals surface area contributed by atoms with E-state index in [1.54, 1.807) is 30.3 Å². The van der Waals surface area contributed by atoms with Crippen LogP contribution in [-0.4, -0.2) is 51.8 Å². The Morgan fingerprint density at radius 3 is 2.29 bits per heavy atom. The van der Waals surface area contributed by atoms with Crippen LogP contribution in [0.5, 0.6) is 11.5 Å². The first-order chi connectivity index (χ1) is 25.0. The zero-order valence-corrected chi connectivity index (χ0v) is 32.0. The quantitative estimate of drug-likeness (QED) is 0.191. The van der Waals surface area contributed by atoms with Crippen molar-refractivity contribution in [2.24, 2.45) is 23.7 Å². The Balaban J connectivity index is 1.35. The number of benzene rings is 3. The van der Waals surface area contributed by atoms with Crippen LogP contribution in [0.2, 0.25) is 5.02 Å². The molecule has 9 nitrogen and oxygen atoms in total. The molecule has 2 saturated heterocycles. The standard InChI is InChI=1S/C39H35Br2ClFN3O6/c1-52-29-18-27(32(40)33(41)34(29)47)31-24-15-16-25-30(37(50)45(35(25)48)23-5-3-2-4-6-23)26(24)17-28-36(49)46(44-22-13-11-21(43)12-14-22)38(51)39(28,31)19-7-9-20(42)10-8-19/h7-15,18,23,25-26,28,30-31,44,47H,2-6,16-17H2,1H3/t25-,26+,28-,30-,31+,39+/m0/s1. The van der Waals surface area contributed by atoms with Gasteiger partial charge in [0.15, 0.2) is 11.5 Å². The summed E-state index contributed by atoms with van der Waals surface area (Å²) in [6.45, 7) is 0. The van der Waals surface area contributed by atoms with Crippen molar-refractivity contribution in [3.05, 3.63) is 97.2 Å². The van der Waals surface area contributed by atoms with E-state index in [-0.39, 0.29) is 40.2 Å². The number of allylic oxidation sites excluding steroid dienone is 2. The van der Waals surface area contributed by atoms with E-state index in [1.165, 1.54) is 36.3 Å². The van der Waals surface area contributed by atoms with Crippen LogP contribution in [0.4, 0.5) is 10.1 Å². The number of anilines is 1. The van der Waals surface area contributed by atoms with Gasteiger partial charge >= 0.3 is 0 Å². The number of hydrogen-bond acceptors (Lipinski definition) is 7. The summed E-state index contributed by atoms with van der Waals surface area (Å²) in [5, 5.41) is 12.5. The number of halogens is 4. The average molecular weight is 856 g/mol. The molecule has 0 radical (unpaired) electrons. The maximum absolute atomic E-state index is 15.4. The van der Waals surface area contributed by atoms with Crippen molar-refractivity contribution in [1.29, 1.82) is 0 Å². The molecule has 4 fully saturated rings. The van der Waals surface area contributed by atoms with Crippen molar-refractivity contribution in [1.82, 2.24) is 9.91 Å². The van der Waals surface area contributed by atoms with Gasteiger partial charge in [0.05, 0.1) is 40.4 Å². The predicted molar refractivity (Wildman–Crippen MR) is 198 cm³/mol. The zero-order chi connectivity index (χ0) is 36.6. The van der Waals surface area contributed by atoms with Gasteiger partial charge in [-0.25, -0.2) is 4.39 Å². The number of carbonyl (C=O) groups is 4. The third-order valence-corrected chi connectivity index (χ3v) is 14.3.